The Bertz CT molecular complexity index is 785. The first-order valence-electron chi connectivity index (χ1n) is 8.25. The van der Waals surface area contributed by atoms with E-state index in [9.17, 15) is 14.7 Å². The zero-order valence-electron chi connectivity index (χ0n) is 14.3. The van der Waals surface area contributed by atoms with E-state index < -0.39 is 17.9 Å². The van der Waals surface area contributed by atoms with E-state index in [1.54, 1.807) is 19.2 Å². The first kappa shape index (κ1) is 17.0. The number of carbonyl (C=O) groups is 2. The van der Waals surface area contributed by atoms with E-state index in [2.05, 4.69) is 0 Å². The lowest BCUT2D eigenvalue weighted by Gasteiger charge is -2.36. The van der Waals surface area contributed by atoms with Crippen molar-refractivity contribution in [2.45, 2.75) is 31.8 Å². The van der Waals surface area contributed by atoms with E-state index >= 15 is 0 Å². The van der Waals surface area contributed by atoms with Crippen molar-refractivity contribution in [3.05, 3.63) is 65.2 Å². The smallest absolute Gasteiger partial charge is 0.326 e. The van der Waals surface area contributed by atoms with Crippen LogP contribution in [0.15, 0.2) is 48.5 Å². The second-order valence-corrected chi connectivity index (χ2v) is 6.29. The summed E-state index contributed by atoms with van der Waals surface area (Å²) in [7, 11) is 1.59. The van der Waals surface area contributed by atoms with E-state index in [0.717, 1.165) is 22.4 Å². The number of ether oxygens (including phenoxy) is 1. The van der Waals surface area contributed by atoms with Crippen LogP contribution in [0.2, 0.25) is 0 Å². The highest BCUT2D eigenvalue weighted by molar-refractivity contribution is 5.88. The van der Waals surface area contributed by atoms with Gasteiger partial charge >= 0.3 is 5.97 Å². The molecule has 1 N–H and O–H groups in total. The molecule has 0 saturated carbocycles. The Kier molecular flexibility index (Phi) is 4.74. The predicted octanol–water partition coefficient (Wildman–Crippen LogP) is 2.84. The van der Waals surface area contributed by atoms with Gasteiger partial charge in [0, 0.05) is 13.0 Å². The van der Waals surface area contributed by atoms with Crippen LogP contribution in [0.5, 0.6) is 5.75 Å². The molecule has 1 aliphatic rings. The molecule has 0 spiro atoms. The lowest BCUT2D eigenvalue weighted by atomic mass is 9.91. The molecule has 5 nitrogen and oxygen atoms in total. The molecule has 0 aromatic heterocycles. The largest absolute Gasteiger partial charge is 0.497 e. The van der Waals surface area contributed by atoms with Crippen LogP contribution in [-0.2, 0) is 22.6 Å². The Morgan fingerprint density at radius 3 is 2.36 bits per heavy atom. The molecule has 1 aliphatic heterocycles. The molecule has 5 heteroatoms. The summed E-state index contributed by atoms with van der Waals surface area (Å²) in [5.41, 5.74) is 2.85. The van der Waals surface area contributed by atoms with Crippen LogP contribution in [-0.4, -0.2) is 35.0 Å². The van der Waals surface area contributed by atoms with E-state index in [-0.39, 0.29) is 5.91 Å². The highest BCUT2D eigenvalue weighted by atomic mass is 16.5. The summed E-state index contributed by atoms with van der Waals surface area (Å²) in [5.74, 6) is -0.839. The van der Waals surface area contributed by atoms with Gasteiger partial charge in [0.2, 0.25) is 5.91 Å². The average Bonchev–Trinajstić information content (AvgIpc) is 2.65. The molecule has 0 saturated heterocycles. The van der Waals surface area contributed by atoms with E-state index in [0.29, 0.717) is 13.0 Å². The molecule has 3 rings (SSSR count). The number of benzene rings is 2. The Labute approximate surface area is 146 Å². The van der Waals surface area contributed by atoms with Gasteiger partial charge in [0.25, 0.3) is 0 Å². The van der Waals surface area contributed by atoms with Crippen molar-refractivity contribution in [2.75, 3.05) is 7.11 Å². The van der Waals surface area contributed by atoms with Gasteiger partial charge < -0.3 is 14.7 Å². The minimum Gasteiger partial charge on any atom is -0.497 e. The number of hydrogen-bond donors (Lipinski definition) is 1. The van der Waals surface area contributed by atoms with Crippen molar-refractivity contribution < 1.29 is 19.4 Å². The van der Waals surface area contributed by atoms with Gasteiger partial charge in [0.15, 0.2) is 0 Å². The number of aliphatic carboxylic acids is 1. The fourth-order valence-electron chi connectivity index (χ4n) is 3.26. The van der Waals surface area contributed by atoms with E-state index in [1.165, 1.54) is 4.90 Å². The second kappa shape index (κ2) is 6.97. The number of methoxy groups -OCH3 is 1. The number of carbonyl (C=O) groups excluding carboxylic acids is 1. The van der Waals surface area contributed by atoms with Gasteiger partial charge in [-0.2, -0.15) is 0 Å². The Morgan fingerprint density at radius 1 is 1.12 bits per heavy atom. The molecule has 0 unspecified atom stereocenters. The summed E-state index contributed by atoms with van der Waals surface area (Å²) >= 11 is 0. The maximum absolute atomic E-state index is 13.0. The highest BCUT2D eigenvalue weighted by Crippen LogP contribution is 2.28. The molecule has 1 heterocycles. The van der Waals surface area contributed by atoms with Crippen molar-refractivity contribution in [3.8, 4) is 5.75 Å². The first-order valence-corrected chi connectivity index (χ1v) is 8.25. The van der Waals surface area contributed by atoms with Crippen LogP contribution in [0.25, 0.3) is 0 Å². The predicted molar refractivity (Wildman–Crippen MR) is 93.5 cm³/mol. The normalized spacial score (nSPS) is 17.5. The molecule has 2 aromatic rings. The highest BCUT2D eigenvalue weighted by Gasteiger charge is 2.36. The molecular formula is C20H21NO4. The lowest BCUT2D eigenvalue weighted by molar-refractivity contribution is -0.151. The molecule has 1 amide bonds. The van der Waals surface area contributed by atoms with Crippen molar-refractivity contribution >= 4 is 11.9 Å². The molecule has 2 aromatic carbocycles. The third-order valence-electron chi connectivity index (χ3n) is 4.80. The van der Waals surface area contributed by atoms with Crippen LogP contribution in [0.1, 0.15) is 29.5 Å². The summed E-state index contributed by atoms with van der Waals surface area (Å²) in [4.78, 5) is 26.2. The number of fused-ring (bicyclic) bond motifs is 1. The maximum Gasteiger partial charge on any atom is 0.326 e. The zero-order chi connectivity index (χ0) is 18.0. The summed E-state index contributed by atoms with van der Waals surface area (Å²) in [6.45, 7) is 2.13. The SMILES string of the molecule is COc1ccc([C@H](C)C(=O)N2Cc3ccccc3C[C@H]2C(=O)O)cc1. The first-order chi connectivity index (χ1) is 12.0. The molecule has 0 bridgehead atoms. The summed E-state index contributed by atoms with van der Waals surface area (Å²) in [5, 5.41) is 9.59. The minimum absolute atomic E-state index is 0.174. The molecule has 130 valence electrons. The van der Waals surface area contributed by atoms with Crippen molar-refractivity contribution in [1.29, 1.82) is 0 Å². The van der Waals surface area contributed by atoms with Gasteiger partial charge in [-0.25, -0.2) is 4.79 Å². The number of nitrogens with zero attached hydrogens (tertiary/aromatic N) is 1. The van der Waals surface area contributed by atoms with Crippen molar-refractivity contribution in [2.24, 2.45) is 0 Å². The van der Waals surface area contributed by atoms with Gasteiger partial charge in [-0.05, 0) is 35.7 Å². The average molecular weight is 339 g/mol. The molecule has 0 aliphatic carbocycles. The van der Waals surface area contributed by atoms with E-state index in [4.69, 9.17) is 4.74 Å². The van der Waals surface area contributed by atoms with E-state index in [1.807, 2.05) is 43.3 Å². The standard InChI is InChI=1S/C20H21NO4/c1-13(14-7-9-17(25-2)10-8-14)19(22)21-12-16-6-4-3-5-15(16)11-18(21)20(23)24/h3-10,13,18H,11-12H2,1-2H3,(H,23,24)/t13-,18-/m0/s1. The fraction of sp³-hybridized carbons (Fsp3) is 0.300. The third kappa shape index (κ3) is 3.36. The van der Waals surface area contributed by atoms with Crippen molar-refractivity contribution in [1.82, 2.24) is 4.90 Å². The Hall–Kier alpha value is -2.82. The number of hydrogen-bond acceptors (Lipinski definition) is 3. The quantitative estimate of drug-likeness (QED) is 0.930. The van der Waals surface area contributed by atoms with Crippen LogP contribution in [0, 0.1) is 0 Å². The Morgan fingerprint density at radius 2 is 1.76 bits per heavy atom. The van der Waals surface area contributed by atoms with Crippen LogP contribution in [0.4, 0.5) is 0 Å². The summed E-state index contributed by atoms with van der Waals surface area (Å²) in [6.07, 6.45) is 0.340. The summed E-state index contributed by atoms with van der Waals surface area (Å²) < 4.78 is 5.14. The third-order valence-corrected chi connectivity index (χ3v) is 4.80. The fourth-order valence-corrected chi connectivity index (χ4v) is 3.26. The molecule has 0 fully saturated rings. The number of carboxylic acid groups (broad SMARTS) is 1. The number of carboxylic acids is 1. The molecule has 2 atom stereocenters. The summed E-state index contributed by atoms with van der Waals surface area (Å²) in [6, 6.07) is 14.2. The maximum atomic E-state index is 13.0. The van der Waals surface area contributed by atoms with Gasteiger partial charge in [-0.3, -0.25) is 4.79 Å². The van der Waals surface area contributed by atoms with Gasteiger partial charge in [0.05, 0.1) is 13.0 Å². The topological polar surface area (TPSA) is 66.8 Å². The lowest BCUT2D eigenvalue weighted by Crippen LogP contribution is -2.49. The number of amides is 1. The Balaban J connectivity index is 1.87. The van der Waals surface area contributed by atoms with Gasteiger partial charge in [-0.1, -0.05) is 36.4 Å². The van der Waals surface area contributed by atoms with Crippen LogP contribution < -0.4 is 4.74 Å². The monoisotopic (exact) mass is 339 g/mol. The molecule has 0 radical (unpaired) electrons. The number of rotatable bonds is 4. The van der Waals surface area contributed by atoms with Gasteiger partial charge in [-0.15, -0.1) is 0 Å². The van der Waals surface area contributed by atoms with Crippen molar-refractivity contribution in [3.63, 3.8) is 0 Å². The zero-order valence-corrected chi connectivity index (χ0v) is 14.3. The molecular weight excluding hydrogens is 318 g/mol. The van der Waals surface area contributed by atoms with Crippen LogP contribution >= 0.6 is 0 Å². The molecule has 25 heavy (non-hydrogen) atoms. The minimum atomic E-state index is -0.968. The second-order valence-electron chi connectivity index (χ2n) is 6.29. The van der Waals surface area contributed by atoms with Gasteiger partial charge in [0.1, 0.15) is 11.8 Å². The van der Waals surface area contributed by atoms with Crippen LogP contribution in [0.3, 0.4) is 0 Å².